The van der Waals surface area contributed by atoms with Gasteiger partial charge in [-0.2, -0.15) is 0 Å². The van der Waals surface area contributed by atoms with Gasteiger partial charge in [-0.1, -0.05) is 56.0 Å². The average Bonchev–Trinajstić information content (AvgIpc) is 2.47. The summed E-state index contributed by atoms with van der Waals surface area (Å²) < 4.78 is 0. The van der Waals surface area contributed by atoms with Crippen LogP contribution >= 0.6 is 0 Å². The highest BCUT2D eigenvalue weighted by atomic mass is 14.7. The van der Waals surface area contributed by atoms with Crippen LogP contribution in [0, 0.1) is 0 Å². The third-order valence-electron chi connectivity index (χ3n) is 1.94. The minimum atomic E-state index is 0. The molecule has 1 nitrogen and oxygen atoms in total. The van der Waals surface area contributed by atoms with E-state index >= 15 is 0 Å². The molecular weight excluding hydrogens is 170 g/mol. The number of rotatable bonds is 1. The summed E-state index contributed by atoms with van der Waals surface area (Å²) >= 11 is 0. The van der Waals surface area contributed by atoms with Crippen LogP contribution < -0.4 is 0 Å². The first-order valence-electron chi connectivity index (χ1n) is 4.40. The van der Waals surface area contributed by atoms with E-state index in [4.69, 9.17) is 0 Å². The van der Waals surface area contributed by atoms with E-state index in [-0.39, 0.29) is 7.43 Å². The van der Waals surface area contributed by atoms with Crippen LogP contribution in [-0.4, -0.2) is 12.3 Å². The van der Waals surface area contributed by atoms with Crippen LogP contribution in [0.15, 0.2) is 59.6 Å². The zero-order chi connectivity index (χ0) is 8.93. The van der Waals surface area contributed by atoms with E-state index in [1.807, 2.05) is 42.5 Å². The van der Waals surface area contributed by atoms with Crippen molar-refractivity contribution in [3.63, 3.8) is 0 Å². The van der Waals surface area contributed by atoms with Crippen LogP contribution in [0.3, 0.4) is 0 Å². The highest BCUT2D eigenvalue weighted by Crippen LogP contribution is 2.04. The summed E-state index contributed by atoms with van der Waals surface area (Å²) in [5.74, 6) is 0. The summed E-state index contributed by atoms with van der Waals surface area (Å²) in [4.78, 5) is 4.44. The van der Waals surface area contributed by atoms with Crippen molar-refractivity contribution in [3.8, 4) is 0 Å². The number of benzene rings is 1. The van der Waals surface area contributed by atoms with Crippen molar-refractivity contribution in [1.82, 2.24) is 0 Å². The third-order valence-corrected chi connectivity index (χ3v) is 1.94. The fourth-order valence-electron chi connectivity index (χ4n) is 1.29. The SMILES string of the molecule is C.C1=CCN=C(c2ccccc2)C=C1. The topological polar surface area (TPSA) is 12.4 Å². The molecule has 0 fully saturated rings. The number of nitrogens with zero attached hydrogens (tertiary/aromatic N) is 1. The second-order valence-corrected chi connectivity index (χ2v) is 2.88. The zero-order valence-corrected chi connectivity index (χ0v) is 7.35. The monoisotopic (exact) mass is 185 g/mol. The molecule has 0 radical (unpaired) electrons. The fraction of sp³-hybridized carbons (Fsp3) is 0.154. The van der Waals surface area contributed by atoms with Gasteiger partial charge in [0, 0.05) is 0 Å². The Morgan fingerprint density at radius 1 is 1.00 bits per heavy atom. The Hall–Kier alpha value is -1.63. The lowest BCUT2D eigenvalue weighted by Gasteiger charge is -1.98. The molecule has 0 aromatic heterocycles. The molecule has 1 heteroatoms. The first-order chi connectivity index (χ1) is 6.47. The third kappa shape index (κ3) is 2.43. The van der Waals surface area contributed by atoms with E-state index in [1.165, 1.54) is 5.56 Å². The van der Waals surface area contributed by atoms with Crippen LogP contribution in [0.1, 0.15) is 13.0 Å². The van der Waals surface area contributed by atoms with Gasteiger partial charge in [-0.15, -0.1) is 0 Å². The van der Waals surface area contributed by atoms with Gasteiger partial charge in [0.25, 0.3) is 0 Å². The van der Waals surface area contributed by atoms with Crippen molar-refractivity contribution < 1.29 is 0 Å². The molecule has 1 aliphatic rings. The van der Waals surface area contributed by atoms with E-state index in [2.05, 4.69) is 17.1 Å². The van der Waals surface area contributed by atoms with E-state index in [0.29, 0.717) is 0 Å². The molecule has 0 saturated heterocycles. The Bertz CT molecular complexity index is 358. The van der Waals surface area contributed by atoms with E-state index in [9.17, 15) is 0 Å². The standard InChI is InChI=1S/C12H11N.CH4/c1-3-7-11(8-4-1)12-9-5-2-6-10-13-12;/h1-9H,10H2;1H4. The summed E-state index contributed by atoms with van der Waals surface area (Å²) in [5.41, 5.74) is 2.24. The molecule has 2 rings (SSSR count). The lowest BCUT2D eigenvalue weighted by molar-refractivity contribution is 1.25. The van der Waals surface area contributed by atoms with Gasteiger partial charge in [0.1, 0.15) is 0 Å². The van der Waals surface area contributed by atoms with E-state index in [0.717, 1.165) is 12.3 Å². The molecule has 0 atom stereocenters. The van der Waals surface area contributed by atoms with Crippen molar-refractivity contribution in [2.75, 3.05) is 6.54 Å². The normalized spacial score (nSPS) is 14.1. The first kappa shape index (κ1) is 10.5. The summed E-state index contributed by atoms with van der Waals surface area (Å²) in [6, 6.07) is 10.2. The van der Waals surface area contributed by atoms with Crippen LogP contribution in [0.25, 0.3) is 0 Å². The van der Waals surface area contributed by atoms with E-state index in [1.54, 1.807) is 0 Å². The van der Waals surface area contributed by atoms with Crippen LogP contribution in [0.2, 0.25) is 0 Å². The molecule has 72 valence electrons. The Morgan fingerprint density at radius 3 is 2.57 bits per heavy atom. The molecule has 0 aliphatic carbocycles. The number of hydrogen-bond donors (Lipinski definition) is 0. The van der Waals surface area contributed by atoms with Crippen LogP contribution in [0.5, 0.6) is 0 Å². The zero-order valence-electron chi connectivity index (χ0n) is 7.35. The maximum Gasteiger partial charge on any atom is 0.0650 e. The van der Waals surface area contributed by atoms with Crippen molar-refractivity contribution in [2.24, 2.45) is 4.99 Å². The average molecular weight is 185 g/mol. The van der Waals surface area contributed by atoms with Gasteiger partial charge in [-0.3, -0.25) is 4.99 Å². The minimum absolute atomic E-state index is 0. The summed E-state index contributed by atoms with van der Waals surface area (Å²) in [7, 11) is 0. The summed E-state index contributed by atoms with van der Waals surface area (Å²) in [6.45, 7) is 0.775. The summed E-state index contributed by atoms with van der Waals surface area (Å²) in [5, 5.41) is 0. The molecule has 1 aliphatic heterocycles. The fourth-order valence-corrected chi connectivity index (χ4v) is 1.29. The highest BCUT2D eigenvalue weighted by molar-refractivity contribution is 6.09. The molecule has 0 N–H and O–H groups in total. The molecular formula is C13H15N. The smallest absolute Gasteiger partial charge is 0.0650 e. The largest absolute Gasteiger partial charge is 0.281 e. The molecule has 0 unspecified atom stereocenters. The Morgan fingerprint density at radius 2 is 1.79 bits per heavy atom. The quantitative estimate of drug-likeness (QED) is 0.637. The maximum atomic E-state index is 4.44. The molecule has 0 amide bonds. The molecule has 0 bridgehead atoms. The molecule has 0 spiro atoms. The Labute approximate surface area is 85.5 Å². The maximum absolute atomic E-state index is 4.44. The van der Waals surface area contributed by atoms with Crippen molar-refractivity contribution in [1.29, 1.82) is 0 Å². The Kier molecular flexibility index (Phi) is 3.86. The minimum Gasteiger partial charge on any atom is -0.281 e. The first-order valence-corrected chi connectivity index (χ1v) is 4.40. The van der Waals surface area contributed by atoms with Crippen LogP contribution in [-0.2, 0) is 0 Å². The van der Waals surface area contributed by atoms with Gasteiger partial charge in [0.15, 0.2) is 0 Å². The van der Waals surface area contributed by atoms with Gasteiger partial charge < -0.3 is 0 Å². The summed E-state index contributed by atoms with van der Waals surface area (Å²) in [6.07, 6.45) is 8.14. The molecule has 1 aromatic rings. The Balaban J connectivity index is 0.000000980. The van der Waals surface area contributed by atoms with Gasteiger partial charge >= 0.3 is 0 Å². The molecule has 14 heavy (non-hydrogen) atoms. The van der Waals surface area contributed by atoms with Crippen molar-refractivity contribution in [2.45, 2.75) is 7.43 Å². The molecule has 1 aromatic carbocycles. The van der Waals surface area contributed by atoms with Crippen molar-refractivity contribution in [3.05, 3.63) is 60.2 Å². The van der Waals surface area contributed by atoms with Crippen LogP contribution in [0.4, 0.5) is 0 Å². The number of allylic oxidation sites excluding steroid dienone is 3. The second-order valence-electron chi connectivity index (χ2n) is 2.88. The lowest BCUT2D eigenvalue weighted by atomic mass is 10.1. The second kappa shape index (κ2) is 5.18. The van der Waals surface area contributed by atoms with Gasteiger partial charge in [0.05, 0.1) is 12.3 Å². The molecule has 0 saturated carbocycles. The van der Waals surface area contributed by atoms with Gasteiger partial charge in [0.2, 0.25) is 0 Å². The lowest BCUT2D eigenvalue weighted by Crippen LogP contribution is -1.95. The molecule has 1 heterocycles. The predicted octanol–water partition coefficient (Wildman–Crippen LogP) is 3.24. The predicted molar refractivity (Wildman–Crippen MR) is 62.9 cm³/mol. The van der Waals surface area contributed by atoms with Gasteiger partial charge in [-0.05, 0) is 11.6 Å². The number of aliphatic imine (C=N–C) groups is 1. The van der Waals surface area contributed by atoms with E-state index < -0.39 is 0 Å². The van der Waals surface area contributed by atoms with Gasteiger partial charge in [-0.25, -0.2) is 0 Å². The van der Waals surface area contributed by atoms with Crippen molar-refractivity contribution >= 4 is 5.71 Å². The highest BCUT2D eigenvalue weighted by Gasteiger charge is 1.97. The number of hydrogen-bond acceptors (Lipinski definition) is 1.